The lowest BCUT2D eigenvalue weighted by atomic mass is 10.1. The molecule has 132 valence electrons. The topological polar surface area (TPSA) is 76.9 Å². The van der Waals surface area contributed by atoms with Crippen LogP contribution in [0.4, 0.5) is 0 Å². The lowest BCUT2D eigenvalue weighted by Gasteiger charge is -2.11. The smallest absolute Gasteiger partial charge is 0.261 e. The molecule has 3 heterocycles. The predicted octanol–water partition coefficient (Wildman–Crippen LogP) is 2.45. The van der Waals surface area contributed by atoms with E-state index in [0.29, 0.717) is 23.0 Å². The molecule has 2 aromatic heterocycles. The molecular formula is C20H20N4O2. The number of amides is 1. The second-order valence-electron chi connectivity index (χ2n) is 6.57. The molecule has 6 nitrogen and oxygen atoms in total. The van der Waals surface area contributed by atoms with Crippen LogP contribution in [0, 0.1) is 0 Å². The van der Waals surface area contributed by atoms with Crippen LogP contribution in [0.2, 0.25) is 0 Å². The molecule has 1 aliphatic rings. The van der Waals surface area contributed by atoms with E-state index in [9.17, 15) is 9.59 Å². The molecule has 0 fully saturated rings. The summed E-state index contributed by atoms with van der Waals surface area (Å²) >= 11 is 0. The standard InChI is InChI=1S/C20H20N4O2/c25-19(22-13-14-5-4-9-21-12-14)15-7-8-16-17(11-15)23-18-6-2-1-3-10-24(18)20(16)26/h4-5,7-9,11-12H,1-3,6,10,13H2,(H,22,25). The maximum Gasteiger partial charge on any atom is 0.261 e. The summed E-state index contributed by atoms with van der Waals surface area (Å²) in [6, 6.07) is 8.85. The SMILES string of the molecule is O=C(NCc1cccnc1)c1ccc2c(=O)n3c(nc2c1)CCCCC3. The Morgan fingerprint density at radius 3 is 2.96 bits per heavy atom. The molecule has 0 saturated carbocycles. The first kappa shape index (κ1) is 16.4. The molecular weight excluding hydrogens is 328 g/mol. The van der Waals surface area contributed by atoms with Crippen LogP contribution in [0.3, 0.4) is 0 Å². The van der Waals surface area contributed by atoms with E-state index in [2.05, 4.69) is 15.3 Å². The summed E-state index contributed by atoms with van der Waals surface area (Å²) in [7, 11) is 0. The summed E-state index contributed by atoms with van der Waals surface area (Å²) in [6.07, 6.45) is 7.39. The lowest BCUT2D eigenvalue weighted by Crippen LogP contribution is -2.25. The summed E-state index contributed by atoms with van der Waals surface area (Å²) in [5.74, 6) is 0.639. The summed E-state index contributed by atoms with van der Waals surface area (Å²) in [5, 5.41) is 3.45. The van der Waals surface area contributed by atoms with Crippen molar-refractivity contribution in [3.63, 3.8) is 0 Å². The Labute approximate surface area is 150 Å². The predicted molar refractivity (Wildman–Crippen MR) is 99.0 cm³/mol. The first-order valence-corrected chi connectivity index (χ1v) is 8.93. The van der Waals surface area contributed by atoms with Crippen molar-refractivity contribution < 1.29 is 4.79 Å². The fourth-order valence-electron chi connectivity index (χ4n) is 3.35. The van der Waals surface area contributed by atoms with E-state index >= 15 is 0 Å². The van der Waals surface area contributed by atoms with Gasteiger partial charge in [-0.25, -0.2) is 4.98 Å². The van der Waals surface area contributed by atoms with E-state index in [1.165, 1.54) is 0 Å². The maximum atomic E-state index is 12.7. The van der Waals surface area contributed by atoms with Crippen molar-refractivity contribution in [2.75, 3.05) is 0 Å². The minimum absolute atomic E-state index is 0.00535. The van der Waals surface area contributed by atoms with E-state index < -0.39 is 0 Å². The number of fused-ring (bicyclic) bond motifs is 2. The minimum atomic E-state index is -0.187. The number of nitrogens with one attached hydrogen (secondary N) is 1. The monoisotopic (exact) mass is 348 g/mol. The molecule has 1 amide bonds. The second kappa shape index (κ2) is 7.07. The van der Waals surface area contributed by atoms with Gasteiger partial charge in [-0.3, -0.25) is 19.1 Å². The van der Waals surface area contributed by atoms with Crippen molar-refractivity contribution >= 4 is 16.8 Å². The van der Waals surface area contributed by atoms with Gasteiger partial charge in [0, 0.05) is 37.5 Å². The van der Waals surface area contributed by atoms with E-state index in [-0.39, 0.29) is 11.5 Å². The number of rotatable bonds is 3. The fraction of sp³-hybridized carbons (Fsp3) is 0.300. The van der Waals surface area contributed by atoms with Crippen molar-refractivity contribution in [3.8, 4) is 0 Å². The van der Waals surface area contributed by atoms with Crippen LogP contribution in [0.25, 0.3) is 10.9 Å². The highest BCUT2D eigenvalue weighted by molar-refractivity contribution is 5.97. The Morgan fingerprint density at radius 1 is 1.19 bits per heavy atom. The van der Waals surface area contributed by atoms with Crippen LogP contribution < -0.4 is 10.9 Å². The van der Waals surface area contributed by atoms with Crippen molar-refractivity contribution in [2.24, 2.45) is 0 Å². The first-order chi connectivity index (χ1) is 12.7. The zero-order valence-electron chi connectivity index (χ0n) is 14.4. The van der Waals surface area contributed by atoms with Crippen molar-refractivity contribution in [3.05, 3.63) is 70.0 Å². The maximum absolute atomic E-state index is 12.7. The van der Waals surface area contributed by atoms with Crippen LogP contribution in [-0.4, -0.2) is 20.4 Å². The van der Waals surface area contributed by atoms with Crippen LogP contribution >= 0.6 is 0 Å². The van der Waals surface area contributed by atoms with Gasteiger partial charge in [-0.2, -0.15) is 0 Å². The Bertz CT molecular complexity index is 1010. The Hall–Kier alpha value is -3.02. The van der Waals surface area contributed by atoms with Gasteiger partial charge < -0.3 is 5.32 Å². The van der Waals surface area contributed by atoms with E-state index in [1.54, 1.807) is 35.2 Å². The summed E-state index contributed by atoms with van der Waals surface area (Å²) in [4.78, 5) is 33.9. The number of nitrogens with zero attached hydrogens (tertiary/aromatic N) is 3. The van der Waals surface area contributed by atoms with Gasteiger partial charge >= 0.3 is 0 Å². The van der Waals surface area contributed by atoms with Gasteiger partial charge in [-0.1, -0.05) is 12.5 Å². The number of pyridine rings is 1. The Morgan fingerprint density at radius 2 is 2.12 bits per heavy atom. The summed E-state index contributed by atoms with van der Waals surface area (Å²) < 4.78 is 1.79. The molecule has 6 heteroatoms. The molecule has 0 bridgehead atoms. The van der Waals surface area contributed by atoms with Gasteiger partial charge in [0.15, 0.2) is 0 Å². The molecule has 3 aromatic rings. The van der Waals surface area contributed by atoms with Gasteiger partial charge in [-0.15, -0.1) is 0 Å². The average molecular weight is 348 g/mol. The van der Waals surface area contributed by atoms with Crippen molar-refractivity contribution in [2.45, 2.75) is 38.8 Å². The van der Waals surface area contributed by atoms with E-state index in [1.807, 2.05) is 12.1 Å². The van der Waals surface area contributed by atoms with Crippen LogP contribution in [0.5, 0.6) is 0 Å². The summed E-state index contributed by atoms with van der Waals surface area (Å²) in [5.41, 5.74) is 2.03. The van der Waals surface area contributed by atoms with Gasteiger partial charge in [0.2, 0.25) is 0 Å². The van der Waals surface area contributed by atoms with E-state index in [0.717, 1.165) is 43.6 Å². The van der Waals surface area contributed by atoms with Crippen molar-refractivity contribution in [1.29, 1.82) is 0 Å². The van der Waals surface area contributed by atoms with Gasteiger partial charge in [-0.05, 0) is 42.7 Å². The van der Waals surface area contributed by atoms with Crippen LogP contribution in [-0.2, 0) is 19.5 Å². The first-order valence-electron chi connectivity index (χ1n) is 8.93. The molecule has 0 atom stereocenters. The number of carbonyl (C=O) groups is 1. The molecule has 0 spiro atoms. The minimum Gasteiger partial charge on any atom is -0.348 e. The molecule has 26 heavy (non-hydrogen) atoms. The molecule has 1 aromatic carbocycles. The zero-order chi connectivity index (χ0) is 17.9. The molecule has 0 unspecified atom stereocenters. The fourth-order valence-corrected chi connectivity index (χ4v) is 3.35. The lowest BCUT2D eigenvalue weighted by molar-refractivity contribution is 0.0951. The summed E-state index contributed by atoms with van der Waals surface area (Å²) in [6.45, 7) is 1.13. The third-order valence-corrected chi connectivity index (χ3v) is 4.75. The quantitative estimate of drug-likeness (QED) is 0.789. The molecule has 4 rings (SSSR count). The number of hydrogen-bond donors (Lipinski definition) is 1. The van der Waals surface area contributed by atoms with Gasteiger partial charge in [0.25, 0.3) is 11.5 Å². The largest absolute Gasteiger partial charge is 0.348 e. The highest BCUT2D eigenvalue weighted by Crippen LogP contribution is 2.16. The number of aryl methyl sites for hydroxylation is 1. The molecule has 1 N–H and O–H groups in total. The average Bonchev–Trinajstić information content (AvgIpc) is 2.92. The number of benzene rings is 1. The third kappa shape index (κ3) is 3.22. The van der Waals surface area contributed by atoms with Gasteiger partial charge in [0.05, 0.1) is 10.9 Å². The van der Waals surface area contributed by atoms with Crippen LogP contribution in [0.1, 0.15) is 41.0 Å². The zero-order valence-corrected chi connectivity index (χ0v) is 14.4. The number of carbonyl (C=O) groups excluding carboxylic acids is 1. The number of aromatic nitrogens is 3. The third-order valence-electron chi connectivity index (χ3n) is 4.75. The van der Waals surface area contributed by atoms with Crippen molar-refractivity contribution in [1.82, 2.24) is 19.9 Å². The molecule has 0 radical (unpaired) electrons. The number of hydrogen-bond acceptors (Lipinski definition) is 4. The molecule has 0 saturated heterocycles. The Balaban J connectivity index is 1.62. The Kier molecular flexibility index (Phi) is 4.48. The van der Waals surface area contributed by atoms with Gasteiger partial charge in [0.1, 0.15) is 5.82 Å². The second-order valence-corrected chi connectivity index (χ2v) is 6.57. The highest BCUT2D eigenvalue weighted by Gasteiger charge is 2.15. The molecule has 1 aliphatic heterocycles. The normalized spacial score (nSPS) is 13.8. The highest BCUT2D eigenvalue weighted by atomic mass is 16.1. The van der Waals surface area contributed by atoms with Crippen LogP contribution in [0.15, 0.2) is 47.5 Å². The van der Waals surface area contributed by atoms with E-state index in [4.69, 9.17) is 0 Å². The molecule has 0 aliphatic carbocycles.